The molecule has 0 aromatic heterocycles. The predicted molar refractivity (Wildman–Crippen MR) is 73.1 cm³/mol. The van der Waals surface area contributed by atoms with Crippen molar-refractivity contribution in [3.63, 3.8) is 0 Å². The predicted octanol–water partition coefficient (Wildman–Crippen LogP) is 3.40. The van der Waals surface area contributed by atoms with Crippen LogP contribution in [0.25, 0.3) is 0 Å². The third kappa shape index (κ3) is 6.44. The molecule has 0 saturated carbocycles. The molecule has 1 aromatic rings. The molecule has 0 spiro atoms. The maximum Gasteiger partial charge on any atom is 0.0796 e. The number of hydrogen-bond acceptors (Lipinski definition) is 2. The lowest BCUT2D eigenvalue weighted by atomic mass is 10.1. The molecular weight excluding hydrogens is 210 g/mol. The zero-order valence-corrected chi connectivity index (χ0v) is 11.3. The van der Waals surface area contributed by atoms with Crippen molar-refractivity contribution in [3.8, 4) is 0 Å². The minimum Gasteiger partial charge on any atom is -0.374 e. The van der Waals surface area contributed by atoms with Crippen LogP contribution in [0, 0.1) is 5.92 Å². The normalized spacial score (nSPS) is 12.9. The van der Waals surface area contributed by atoms with Gasteiger partial charge in [0.2, 0.25) is 0 Å². The van der Waals surface area contributed by atoms with E-state index in [1.807, 2.05) is 6.07 Å². The number of benzene rings is 1. The number of ether oxygens (including phenoxy) is 1. The molecule has 2 nitrogen and oxygen atoms in total. The van der Waals surface area contributed by atoms with Gasteiger partial charge >= 0.3 is 0 Å². The first-order chi connectivity index (χ1) is 8.20. The fraction of sp³-hybridized carbons (Fsp3) is 0.600. The van der Waals surface area contributed by atoms with Crippen LogP contribution in [0.5, 0.6) is 0 Å². The Kier molecular flexibility index (Phi) is 6.90. The van der Waals surface area contributed by atoms with E-state index >= 15 is 0 Å². The Bertz CT molecular complexity index is 284. The fourth-order valence-electron chi connectivity index (χ4n) is 1.67. The second-order valence-corrected chi connectivity index (χ2v) is 4.88. The van der Waals surface area contributed by atoms with Crippen LogP contribution in [-0.2, 0) is 4.74 Å². The van der Waals surface area contributed by atoms with Crippen LogP contribution in [0.3, 0.4) is 0 Å². The van der Waals surface area contributed by atoms with Gasteiger partial charge in [-0.05, 0) is 37.9 Å². The van der Waals surface area contributed by atoms with E-state index in [-0.39, 0.29) is 6.10 Å². The molecule has 0 aliphatic carbocycles. The maximum absolute atomic E-state index is 5.80. The molecule has 1 atom stereocenters. The van der Waals surface area contributed by atoms with Crippen LogP contribution in [0.2, 0.25) is 0 Å². The van der Waals surface area contributed by atoms with Gasteiger partial charge in [0.25, 0.3) is 0 Å². The second kappa shape index (κ2) is 8.26. The molecule has 1 aromatic carbocycles. The highest BCUT2D eigenvalue weighted by molar-refractivity contribution is 5.16. The quantitative estimate of drug-likeness (QED) is 0.697. The SMILES string of the molecule is CC(C)CNCCCOC(C)c1ccccc1. The maximum atomic E-state index is 5.80. The van der Waals surface area contributed by atoms with Gasteiger partial charge in [0.15, 0.2) is 0 Å². The van der Waals surface area contributed by atoms with Gasteiger partial charge in [-0.25, -0.2) is 0 Å². The lowest BCUT2D eigenvalue weighted by Gasteiger charge is -2.13. The van der Waals surface area contributed by atoms with E-state index in [0.717, 1.165) is 32.0 Å². The van der Waals surface area contributed by atoms with Crippen LogP contribution in [-0.4, -0.2) is 19.7 Å². The highest BCUT2D eigenvalue weighted by Gasteiger charge is 2.03. The molecule has 0 saturated heterocycles. The zero-order chi connectivity index (χ0) is 12.5. The Morgan fingerprint density at radius 3 is 2.47 bits per heavy atom. The molecular formula is C15H25NO. The zero-order valence-electron chi connectivity index (χ0n) is 11.3. The van der Waals surface area contributed by atoms with Crippen molar-refractivity contribution in [2.45, 2.75) is 33.3 Å². The summed E-state index contributed by atoms with van der Waals surface area (Å²) >= 11 is 0. The van der Waals surface area contributed by atoms with Crippen LogP contribution in [0.15, 0.2) is 30.3 Å². The van der Waals surface area contributed by atoms with Gasteiger partial charge in [-0.15, -0.1) is 0 Å². The summed E-state index contributed by atoms with van der Waals surface area (Å²) in [5, 5.41) is 3.42. The molecule has 0 aliphatic rings. The first-order valence-corrected chi connectivity index (χ1v) is 6.57. The summed E-state index contributed by atoms with van der Waals surface area (Å²) < 4.78 is 5.80. The smallest absolute Gasteiger partial charge is 0.0796 e. The van der Waals surface area contributed by atoms with Gasteiger partial charge in [0.05, 0.1) is 6.10 Å². The monoisotopic (exact) mass is 235 g/mol. The van der Waals surface area contributed by atoms with Crippen LogP contribution in [0.1, 0.15) is 38.9 Å². The van der Waals surface area contributed by atoms with E-state index in [1.54, 1.807) is 0 Å². The average molecular weight is 235 g/mol. The fourth-order valence-corrected chi connectivity index (χ4v) is 1.67. The third-order valence-corrected chi connectivity index (χ3v) is 2.69. The number of hydrogen-bond donors (Lipinski definition) is 1. The van der Waals surface area contributed by atoms with Crippen molar-refractivity contribution in [3.05, 3.63) is 35.9 Å². The van der Waals surface area contributed by atoms with Gasteiger partial charge in [0.1, 0.15) is 0 Å². The lowest BCUT2D eigenvalue weighted by Crippen LogP contribution is -2.21. The van der Waals surface area contributed by atoms with Crippen molar-refractivity contribution >= 4 is 0 Å². The number of rotatable bonds is 8. The van der Waals surface area contributed by atoms with Crippen LogP contribution >= 0.6 is 0 Å². The molecule has 0 bridgehead atoms. The Hall–Kier alpha value is -0.860. The summed E-state index contributed by atoms with van der Waals surface area (Å²) in [7, 11) is 0. The second-order valence-electron chi connectivity index (χ2n) is 4.88. The minimum absolute atomic E-state index is 0.196. The van der Waals surface area contributed by atoms with Gasteiger partial charge in [-0.2, -0.15) is 0 Å². The van der Waals surface area contributed by atoms with Gasteiger partial charge in [0, 0.05) is 6.61 Å². The van der Waals surface area contributed by atoms with Crippen molar-refractivity contribution < 1.29 is 4.74 Å². The largest absolute Gasteiger partial charge is 0.374 e. The van der Waals surface area contributed by atoms with Gasteiger partial charge in [-0.3, -0.25) is 0 Å². The molecule has 1 N–H and O–H groups in total. The highest BCUT2D eigenvalue weighted by Crippen LogP contribution is 2.15. The van der Waals surface area contributed by atoms with Gasteiger partial charge in [-0.1, -0.05) is 44.2 Å². The summed E-state index contributed by atoms with van der Waals surface area (Å²) in [5.41, 5.74) is 1.25. The highest BCUT2D eigenvalue weighted by atomic mass is 16.5. The van der Waals surface area contributed by atoms with Crippen molar-refractivity contribution in [1.82, 2.24) is 5.32 Å². The van der Waals surface area contributed by atoms with Crippen LogP contribution < -0.4 is 5.32 Å². The summed E-state index contributed by atoms with van der Waals surface area (Å²) in [6, 6.07) is 10.4. The standard InChI is InChI=1S/C15H25NO/c1-13(2)12-16-10-7-11-17-14(3)15-8-5-4-6-9-15/h4-6,8-9,13-14,16H,7,10-12H2,1-3H3. The summed E-state index contributed by atoms with van der Waals surface area (Å²) in [5.74, 6) is 0.721. The van der Waals surface area contributed by atoms with E-state index < -0.39 is 0 Å². The lowest BCUT2D eigenvalue weighted by molar-refractivity contribution is 0.0640. The van der Waals surface area contributed by atoms with E-state index in [9.17, 15) is 0 Å². The first-order valence-electron chi connectivity index (χ1n) is 6.57. The van der Waals surface area contributed by atoms with Crippen LogP contribution in [0.4, 0.5) is 0 Å². The average Bonchev–Trinajstić information content (AvgIpc) is 2.34. The molecule has 2 heteroatoms. The molecule has 17 heavy (non-hydrogen) atoms. The molecule has 96 valence electrons. The molecule has 0 radical (unpaired) electrons. The Labute approximate surface area is 105 Å². The molecule has 1 rings (SSSR count). The number of nitrogens with one attached hydrogen (secondary N) is 1. The van der Waals surface area contributed by atoms with Crippen molar-refractivity contribution in [1.29, 1.82) is 0 Å². The van der Waals surface area contributed by atoms with E-state index in [1.165, 1.54) is 5.56 Å². The van der Waals surface area contributed by atoms with E-state index in [2.05, 4.69) is 50.4 Å². The summed E-state index contributed by atoms with van der Waals surface area (Å²) in [6.07, 6.45) is 1.27. The molecule has 0 heterocycles. The van der Waals surface area contributed by atoms with Crippen molar-refractivity contribution in [2.24, 2.45) is 5.92 Å². The van der Waals surface area contributed by atoms with E-state index in [4.69, 9.17) is 4.74 Å². The Morgan fingerprint density at radius 2 is 1.82 bits per heavy atom. The molecule has 1 unspecified atom stereocenters. The Balaban J connectivity index is 2.07. The molecule has 0 amide bonds. The summed E-state index contributed by atoms with van der Waals surface area (Å²) in [6.45, 7) is 9.51. The molecule has 0 fully saturated rings. The van der Waals surface area contributed by atoms with Gasteiger partial charge < -0.3 is 10.1 Å². The minimum atomic E-state index is 0.196. The Morgan fingerprint density at radius 1 is 1.12 bits per heavy atom. The first kappa shape index (κ1) is 14.2. The van der Waals surface area contributed by atoms with Crippen molar-refractivity contribution in [2.75, 3.05) is 19.7 Å². The topological polar surface area (TPSA) is 21.3 Å². The molecule has 0 aliphatic heterocycles. The summed E-state index contributed by atoms with van der Waals surface area (Å²) in [4.78, 5) is 0. The van der Waals surface area contributed by atoms with E-state index in [0.29, 0.717) is 0 Å². The third-order valence-electron chi connectivity index (χ3n) is 2.69.